The van der Waals surface area contributed by atoms with Gasteiger partial charge in [0.25, 0.3) is 0 Å². The molecule has 1 aliphatic carbocycles. The summed E-state index contributed by atoms with van der Waals surface area (Å²) in [5.41, 5.74) is 7.06. The Morgan fingerprint density at radius 1 is 1.29 bits per heavy atom. The molecule has 3 aliphatic heterocycles. The lowest BCUT2D eigenvalue weighted by Crippen LogP contribution is -2.57. The molecule has 0 aromatic heterocycles. The minimum Gasteiger partial charge on any atom is -0.330 e. The van der Waals surface area contributed by atoms with E-state index in [1.165, 1.54) is 18.4 Å². The molecule has 1 saturated carbocycles. The van der Waals surface area contributed by atoms with Crippen molar-refractivity contribution in [2.45, 2.75) is 67.3 Å². The lowest BCUT2D eigenvalue weighted by molar-refractivity contribution is -0.141. The quantitative estimate of drug-likeness (QED) is 0.563. The summed E-state index contributed by atoms with van der Waals surface area (Å²) in [6, 6.07) is 7.33. The number of sulfonamides is 1. The number of benzene rings is 1. The Balaban J connectivity index is 1.25. The highest BCUT2D eigenvalue weighted by Gasteiger charge is 2.56. The lowest BCUT2D eigenvalue weighted by atomic mass is 10.1. The van der Waals surface area contributed by atoms with Crippen LogP contribution in [0, 0.1) is 17.2 Å². The topological polar surface area (TPSA) is 131 Å². The van der Waals surface area contributed by atoms with Crippen LogP contribution in [0.1, 0.15) is 37.8 Å². The molecule has 2 amide bonds. The Bertz CT molecular complexity index is 1200. The van der Waals surface area contributed by atoms with Crippen molar-refractivity contribution in [3.8, 4) is 6.07 Å². The van der Waals surface area contributed by atoms with Crippen LogP contribution >= 0.6 is 0 Å². The largest absolute Gasteiger partial charge is 0.330 e. The van der Waals surface area contributed by atoms with E-state index >= 15 is 0 Å². The Hall–Kier alpha value is -2.52. The molecule has 0 spiro atoms. The van der Waals surface area contributed by atoms with Gasteiger partial charge < -0.3 is 15.5 Å². The van der Waals surface area contributed by atoms with Crippen LogP contribution in [0.4, 0.5) is 0 Å². The van der Waals surface area contributed by atoms with Crippen LogP contribution in [0.15, 0.2) is 29.2 Å². The van der Waals surface area contributed by atoms with Crippen LogP contribution in [0.25, 0.3) is 0 Å². The standard InChI is InChI=1S/C24H32N6O4S/c1-14(15-5-4-6-19(8-15)35(33,34)27(2)3)29-18-10-22(24(29)32)28(12-18)13-20(26)23(31)30-17(11-25)7-16-9-21(16)30/h4-6,8,14,16-18,20-22H,7,9-10,12-13,26H2,1-3H3/t14-,16+,17-,18-,20-,21-,22-/m0/s1. The van der Waals surface area contributed by atoms with E-state index in [0.717, 1.165) is 18.4 Å². The number of nitriles is 1. The summed E-state index contributed by atoms with van der Waals surface area (Å²) in [5, 5.41) is 9.39. The molecule has 4 aliphatic rings. The molecule has 1 aromatic carbocycles. The minimum atomic E-state index is -3.57. The van der Waals surface area contributed by atoms with Gasteiger partial charge in [0.05, 0.1) is 29.1 Å². The van der Waals surface area contributed by atoms with Crippen molar-refractivity contribution in [1.82, 2.24) is 19.0 Å². The van der Waals surface area contributed by atoms with Crippen LogP contribution < -0.4 is 5.73 Å². The van der Waals surface area contributed by atoms with E-state index in [1.54, 1.807) is 23.1 Å². The van der Waals surface area contributed by atoms with E-state index in [0.29, 0.717) is 18.9 Å². The smallest absolute Gasteiger partial charge is 0.242 e. The molecule has 188 valence electrons. The number of amides is 2. The maximum absolute atomic E-state index is 13.3. The molecule has 3 saturated heterocycles. The third kappa shape index (κ3) is 3.93. The molecule has 35 heavy (non-hydrogen) atoms. The number of nitrogens with zero attached hydrogens (tertiary/aromatic N) is 5. The normalized spacial score (nSPS) is 31.5. The van der Waals surface area contributed by atoms with Crippen molar-refractivity contribution in [3.63, 3.8) is 0 Å². The zero-order valence-electron chi connectivity index (χ0n) is 20.2. The zero-order valence-corrected chi connectivity index (χ0v) is 21.1. The number of piperidine rings is 1. The molecule has 2 bridgehead atoms. The number of likely N-dealkylation sites (tertiary alicyclic amines) is 3. The summed E-state index contributed by atoms with van der Waals surface area (Å²) in [6.45, 7) is 2.82. The highest BCUT2D eigenvalue weighted by Crippen LogP contribution is 2.48. The fraction of sp³-hybridized carbons (Fsp3) is 0.625. The number of fused-ring (bicyclic) bond motifs is 3. The van der Waals surface area contributed by atoms with Crippen LogP contribution in [0.3, 0.4) is 0 Å². The molecule has 0 unspecified atom stereocenters. The van der Waals surface area contributed by atoms with Gasteiger partial charge >= 0.3 is 0 Å². The van der Waals surface area contributed by atoms with E-state index in [1.807, 2.05) is 22.8 Å². The van der Waals surface area contributed by atoms with Crippen LogP contribution in [-0.2, 0) is 19.6 Å². The predicted molar refractivity (Wildman–Crippen MR) is 127 cm³/mol. The van der Waals surface area contributed by atoms with Crippen molar-refractivity contribution in [2.75, 3.05) is 27.2 Å². The Morgan fingerprint density at radius 3 is 2.69 bits per heavy atom. The summed E-state index contributed by atoms with van der Waals surface area (Å²) >= 11 is 0. The van der Waals surface area contributed by atoms with Crippen LogP contribution in [0.2, 0.25) is 0 Å². The van der Waals surface area contributed by atoms with Crippen LogP contribution in [-0.4, -0.2) is 96.6 Å². The molecule has 1 aromatic rings. The molecule has 3 heterocycles. The Kier molecular flexibility index (Phi) is 5.91. The summed E-state index contributed by atoms with van der Waals surface area (Å²) < 4.78 is 26.3. The molecule has 10 nitrogen and oxygen atoms in total. The number of hydrogen-bond acceptors (Lipinski definition) is 7. The van der Waals surface area contributed by atoms with Gasteiger partial charge in [-0.15, -0.1) is 0 Å². The van der Waals surface area contributed by atoms with E-state index in [-0.39, 0.29) is 47.4 Å². The Morgan fingerprint density at radius 2 is 2.03 bits per heavy atom. The van der Waals surface area contributed by atoms with E-state index in [4.69, 9.17) is 5.73 Å². The van der Waals surface area contributed by atoms with Gasteiger partial charge in [0.15, 0.2) is 0 Å². The number of nitrogens with two attached hydrogens (primary N) is 1. The van der Waals surface area contributed by atoms with E-state index in [2.05, 4.69) is 6.07 Å². The first-order valence-electron chi connectivity index (χ1n) is 12.1. The number of carbonyl (C=O) groups is 2. The van der Waals surface area contributed by atoms with Gasteiger partial charge in [0.1, 0.15) is 6.04 Å². The van der Waals surface area contributed by atoms with Crippen molar-refractivity contribution in [2.24, 2.45) is 11.7 Å². The average Bonchev–Trinajstić information content (AvgIpc) is 3.15. The molecular weight excluding hydrogens is 468 g/mol. The first kappa shape index (κ1) is 24.2. The third-order valence-electron chi connectivity index (χ3n) is 8.11. The molecule has 7 atom stereocenters. The number of rotatable bonds is 7. The van der Waals surface area contributed by atoms with Gasteiger partial charge in [0, 0.05) is 39.3 Å². The van der Waals surface area contributed by atoms with Gasteiger partial charge in [0.2, 0.25) is 21.8 Å². The average molecular weight is 501 g/mol. The van der Waals surface area contributed by atoms with Gasteiger partial charge in [-0.25, -0.2) is 12.7 Å². The van der Waals surface area contributed by atoms with Crippen molar-refractivity contribution in [1.29, 1.82) is 5.26 Å². The maximum atomic E-state index is 13.3. The molecule has 0 radical (unpaired) electrons. The zero-order chi connectivity index (χ0) is 25.2. The number of hydrogen-bond donors (Lipinski definition) is 1. The molecular formula is C24H32N6O4S. The molecule has 4 fully saturated rings. The Labute approximate surface area is 206 Å². The third-order valence-corrected chi connectivity index (χ3v) is 9.92. The van der Waals surface area contributed by atoms with Crippen molar-refractivity contribution < 1.29 is 18.0 Å². The monoisotopic (exact) mass is 500 g/mol. The lowest BCUT2D eigenvalue weighted by Gasteiger charge is -2.38. The van der Waals surface area contributed by atoms with Gasteiger partial charge in [-0.3, -0.25) is 14.5 Å². The summed E-state index contributed by atoms with van der Waals surface area (Å²) in [6.07, 6.45) is 2.35. The molecule has 11 heteroatoms. The number of piperazine rings is 1. The van der Waals surface area contributed by atoms with Gasteiger partial charge in [-0.1, -0.05) is 12.1 Å². The fourth-order valence-electron chi connectivity index (χ4n) is 6.12. The predicted octanol–water partition coefficient (Wildman–Crippen LogP) is 0.123. The first-order valence-corrected chi connectivity index (χ1v) is 13.5. The van der Waals surface area contributed by atoms with Crippen molar-refractivity contribution in [3.05, 3.63) is 29.8 Å². The van der Waals surface area contributed by atoms with E-state index in [9.17, 15) is 23.3 Å². The highest BCUT2D eigenvalue weighted by molar-refractivity contribution is 7.89. The SMILES string of the molecule is C[C@@H](c1cccc(S(=O)(=O)N(C)C)c1)N1C(=O)[C@@H]2C[C@H]1CN2C[C@H](N)C(=O)N1[C@H](C#N)C[C@@H]2C[C@@H]21. The van der Waals surface area contributed by atoms with Crippen molar-refractivity contribution >= 4 is 21.8 Å². The highest BCUT2D eigenvalue weighted by atomic mass is 32.2. The summed E-state index contributed by atoms with van der Waals surface area (Å²) in [4.78, 5) is 32.1. The molecule has 2 N–H and O–H groups in total. The van der Waals surface area contributed by atoms with Crippen LogP contribution in [0.5, 0.6) is 0 Å². The number of carbonyl (C=O) groups excluding carboxylic acids is 2. The van der Waals surface area contributed by atoms with Gasteiger partial charge in [-0.2, -0.15) is 5.26 Å². The maximum Gasteiger partial charge on any atom is 0.242 e. The van der Waals surface area contributed by atoms with Gasteiger partial charge in [-0.05, 0) is 49.8 Å². The second-order valence-electron chi connectivity index (χ2n) is 10.4. The van der Waals surface area contributed by atoms with E-state index < -0.39 is 22.1 Å². The fourth-order valence-corrected chi connectivity index (χ4v) is 7.07. The summed E-state index contributed by atoms with van der Waals surface area (Å²) in [5.74, 6) is 0.218. The first-order chi connectivity index (χ1) is 16.5. The molecule has 5 rings (SSSR count). The second kappa shape index (κ2) is 8.55. The summed E-state index contributed by atoms with van der Waals surface area (Å²) in [7, 11) is -0.590. The second-order valence-corrected chi connectivity index (χ2v) is 12.6. The minimum absolute atomic E-state index is 0.0207.